The number of hydrogen-bond donors (Lipinski definition) is 0. The Labute approximate surface area is 313 Å². The molecule has 0 amide bonds. The van der Waals surface area contributed by atoms with Gasteiger partial charge in [0.25, 0.3) is 0 Å². The Balaban J connectivity index is 1.09. The zero-order valence-corrected chi connectivity index (χ0v) is 32.8. The highest BCUT2D eigenvalue weighted by Crippen LogP contribution is 2.53. The third kappa shape index (κ3) is 5.00. The first kappa shape index (κ1) is 33.5. The molecule has 7 aromatic rings. The number of hydrogen-bond acceptors (Lipinski definition) is 4. The number of pyridine rings is 1. The molecule has 0 N–H and O–H groups in total. The van der Waals surface area contributed by atoms with Crippen LogP contribution in [0.3, 0.4) is 0 Å². The number of ether oxygens (including phenoxy) is 1. The maximum Gasteiger partial charge on any atom is 0.129 e. The maximum absolute atomic E-state index is 6.69. The van der Waals surface area contributed by atoms with Gasteiger partial charge >= 0.3 is 0 Å². The molecule has 0 radical (unpaired) electrons. The molecular formula is C48H50N4O. The fourth-order valence-electron chi connectivity index (χ4n) is 8.57. The molecule has 9 rings (SSSR count). The molecular weight excluding hydrogens is 649 g/mol. The quantitative estimate of drug-likeness (QED) is 0.171. The van der Waals surface area contributed by atoms with Crippen molar-refractivity contribution in [3.8, 4) is 11.5 Å². The lowest BCUT2D eigenvalue weighted by atomic mass is 9.58. The van der Waals surface area contributed by atoms with Gasteiger partial charge in [-0.2, -0.15) is 5.10 Å². The molecule has 0 fully saturated rings. The number of fused-ring (bicyclic) bond motifs is 4. The van der Waals surface area contributed by atoms with E-state index in [1.165, 1.54) is 61.0 Å². The third-order valence-electron chi connectivity index (χ3n) is 12.5. The lowest BCUT2D eigenvalue weighted by molar-refractivity contribution is 0.304. The minimum absolute atomic E-state index is 0.0356. The molecule has 2 aromatic heterocycles. The van der Waals surface area contributed by atoms with Crippen molar-refractivity contribution in [2.24, 2.45) is 0 Å². The topological polar surface area (TPSA) is 33.0 Å². The summed E-state index contributed by atoms with van der Waals surface area (Å²) in [5.74, 6) is 1.59. The van der Waals surface area contributed by atoms with Crippen LogP contribution >= 0.6 is 0 Å². The van der Waals surface area contributed by atoms with E-state index in [0.717, 1.165) is 22.7 Å². The lowest BCUT2D eigenvalue weighted by Crippen LogP contribution is -2.42. The van der Waals surface area contributed by atoms with Crippen LogP contribution in [0.2, 0.25) is 0 Å². The Bertz CT molecular complexity index is 2580. The Kier molecular flexibility index (Phi) is 7.03. The summed E-state index contributed by atoms with van der Waals surface area (Å²) in [5, 5.41) is 8.78. The highest BCUT2D eigenvalue weighted by atomic mass is 16.5. The van der Waals surface area contributed by atoms with Crippen LogP contribution in [0.1, 0.15) is 91.5 Å². The van der Waals surface area contributed by atoms with E-state index < -0.39 is 0 Å². The molecule has 0 bridgehead atoms. The number of nitrogens with zero attached hydrogens (tertiary/aromatic N) is 4. The Morgan fingerprint density at radius 1 is 0.585 bits per heavy atom. The van der Waals surface area contributed by atoms with Crippen LogP contribution in [0.5, 0.6) is 11.5 Å². The minimum atomic E-state index is -0.0771. The summed E-state index contributed by atoms with van der Waals surface area (Å²) < 4.78 is 8.84. The van der Waals surface area contributed by atoms with Crippen molar-refractivity contribution in [3.05, 3.63) is 132 Å². The minimum Gasteiger partial charge on any atom is -0.457 e. The van der Waals surface area contributed by atoms with Gasteiger partial charge in [-0.3, -0.25) is 0 Å². The van der Waals surface area contributed by atoms with E-state index in [2.05, 4.69) is 187 Å². The van der Waals surface area contributed by atoms with E-state index >= 15 is 0 Å². The third-order valence-corrected chi connectivity index (χ3v) is 12.5. The van der Waals surface area contributed by atoms with Crippen molar-refractivity contribution >= 4 is 49.9 Å². The summed E-state index contributed by atoms with van der Waals surface area (Å²) >= 11 is 0. The van der Waals surface area contributed by atoms with Crippen LogP contribution in [-0.4, -0.2) is 16.3 Å². The molecule has 0 spiro atoms. The molecule has 2 aliphatic rings. The smallest absolute Gasteiger partial charge is 0.129 e. The first-order valence-corrected chi connectivity index (χ1v) is 19.0. The molecule has 1 aliphatic carbocycles. The van der Waals surface area contributed by atoms with Crippen LogP contribution < -0.4 is 14.5 Å². The van der Waals surface area contributed by atoms with Gasteiger partial charge in [0.15, 0.2) is 0 Å². The summed E-state index contributed by atoms with van der Waals surface area (Å²) in [7, 11) is 0. The van der Waals surface area contributed by atoms with Crippen LogP contribution in [0.25, 0.3) is 27.2 Å². The van der Waals surface area contributed by atoms with E-state index in [9.17, 15) is 0 Å². The first-order chi connectivity index (χ1) is 25.0. The van der Waals surface area contributed by atoms with Gasteiger partial charge < -0.3 is 14.5 Å². The summed E-state index contributed by atoms with van der Waals surface area (Å²) in [4.78, 5) is 4.84. The molecule has 0 saturated carbocycles. The van der Waals surface area contributed by atoms with Gasteiger partial charge in [-0.15, -0.1) is 0 Å². The molecule has 53 heavy (non-hydrogen) atoms. The zero-order chi connectivity index (χ0) is 37.2. The van der Waals surface area contributed by atoms with Crippen LogP contribution in [0.15, 0.2) is 109 Å². The highest BCUT2D eigenvalue weighted by Gasteiger charge is 2.46. The van der Waals surface area contributed by atoms with Crippen molar-refractivity contribution in [2.45, 2.75) is 90.9 Å². The van der Waals surface area contributed by atoms with Gasteiger partial charge in [0.2, 0.25) is 0 Å². The van der Waals surface area contributed by atoms with Crippen molar-refractivity contribution < 1.29 is 4.74 Å². The Hall–Kier alpha value is -5.29. The van der Waals surface area contributed by atoms with E-state index in [0.29, 0.717) is 6.67 Å². The molecule has 1 aliphatic heterocycles. The second kappa shape index (κ2) is 11.1. The molecule has 0 unspecified atom stereocenters. The van der Waals surface area contributed by atoms with E-state index in [-0.39, 0.29) is 21.7 Å². The monoisotopic (exact) mass is 698 g/mol. The Morgan fingerprint density at radius 2 is 1.21 bits per heavy atom. The second-order valence-electron chi connectivity index (χ2n) is 18.3. The molecule has 268 valence electrons. The number of benzene rings is 5. The van der Waals surface area contributed by atoms with Crippen molar-refractivity contribution in [3.63, 3.8) is 0 Å². The summed E-state index contributed by atoms with van der Waals surface area (Å²) in [6.45, 7) is 24.0. The maximum atomic E-state index is 6.69. The standard InChI is InChI=1S/C48H50N4O/c1-45(2,3)30-23-31(46(4,5)6)25-33(24-30)51-29-50(40-19-11-12-20-41(40)51)32-15-13-16-34(26-32)53-35-21-22-36-37-17-14-18-38-43(37)44-39(48(9,10)47(38,7)8)28-49-52(44)42(36)27-35/h11-28H,29H2,1-10H3. The fourth-order valence-corrected chi connectivity index (χ4v) is 8.57. The first-order valence-electron chi connectivity index (χ1n) is 19.0. The van der Waals surface area contributed by atoms with Crippen molar-refractivity contribution in [1.29, 1.82) is 0 Å². The predicted molar refractivity (Wildman–Crippen MR) is 222 cm³/mol. The predicted octanol–water partition coefficient (Wildman–Crippen LogP) is 12.8. The van der Waals surface area contributed by atoms with Gasteiger partial charge in [-0.1, -0.05) is 112 Å². The van der Waals surface area contributed by atoms with Gasteiger partial charge in [0.1, 0.15) is 18.2 Å². The normalized spacial score (nSPS) is 16.3. The number of para-hydroxylation sites is 2. The fraction of sp³-hybridized carbons (Fsp3) is 0.312. The molecule has 5 nitrogen and oxygen atoms in total. The molecule has 3 heterocycles. The van der Waals surface area contributed by atoms with Gasteiger partial charge in [-0.05, 0) is 86.9 Å². The van der Waals surface area contributed by atoms with Gasteiger partial charge in [-0.25, -0.2) is 4.52 Å². The average Bonchev–Trinajstić information content (AvgIpc) is 3.74. The van der Waals surface area contributed by atoms with Crippen LogP contribution in [0.4, 0.5) is 22.7 Å². The summed E-state index contributed by atoms with van der Waals surface area (Å²) in [6.07, 6.45) is 2.09. The Morgan fingerprint density at radius 3 is 1.89 bits per heavy atom. The van der Waals surface area contributed by atoms with E-state index in [1.54, 1.807) is 0 Å². The summed E-state index contributed by atoms with van der Waals surface area (Å²) in [5.41, 5.74) is 12.3. The number of aromatic nitrogens is 2. The van der Waals surface area contributed by atoms with E-state index in [1.807, 2.05) is 6.07 Å². The van der Waals surface area contributed by atoms with Crippen molar-refractivity contribution in [1.82, 2.24) is 9.61 Å². The largest absolute Gasteiger partial charge is 0.457 e. The lowest BCUT2D eigenvalue weighted by Gasteiger charge is -2.45. The van der Waals surface area contributed by atoms with Crippen LogP contribution in [0, 0.1) is 0 Å². The molecule has 5 heteroatoms. The molecule has 5 aromatic carbocycles. The molecule has 0 atom stereocenters. The van der Waals surface area contributed by atoms with Crippen LogP contribution in [-0.2, 0) is 21.7 Å². The van der Waals surface area contributed by atoms with E-state index in [4.69, 9.17) is 9.84 Å². The highest BCUT2D eigenvalue weighted by molar-refractivity contribution is 6.15. The van der Waals surface area contributed by atoms with Gasteiger partial charge in [0, 0.05) is 45.3 Å². The number of rotatable bonds is 4. The molecule has 0 saturated heterocycles. The zero-order valence-electron chi connectivity index (χ0n) is 32.8. The SMILES string of the molecule is CC(C)(C)c1cc(N2CN(c3cccc(Oc4ccc5c6cccc7c6c6c(cnn6c5c4)C(C)(C)C7(C)C)c3)c3ccccc32)cc(C(C)(C)C)c1. The van der Waals surface area contributed by atoms with Crippen molar-refractivity contribution in [2.75, 3.05) is 16.5 Å². The van der Waals surface area contributed by atoms with Gasteiger partial charge in [0.05, 0.1) is 28.6 Å². The summed E-state index contributed by atoms with van der Waals surface area (Å²) in [6, 6.07) is 37.6. The second-order valence-corrected chi connectivity index (χ2v) is 18.3. The number of anilines is 4. The average molecular weight is 699 g/mol.